The predicted octanol–water partition coefficient (Wildman–Crippen LogP) is 2.26. The molecule has 0 saturated carbocycles. The van der Waals surface area contributed by atoms with Crippen molar-refractivity contribution in [3.63, 3.8) is 0 Å². The van der Waals surface area contributed by atoms with Gasteiger partial charge in [0.05, 0.1) is 14.9 Å². The quantitative estimate of drug-likeness (QED) is 0.818. The van der Waals surface area contributed by atoms with Crippen molar-refractivity contribution in [2.45, 2.75) is 0 Å². The lowest BCUT2D eigenvalue weighted by Crippen LogP contribution is -2.34. The molecule has 0 radical (unpaired) electrons. The molecule has 19 heavy (non-hydrogen) atoms. The first-order valence-corrected chi connectivity index (χ1v) is 7.13. The summed E-state index contributed by atoms with van der Waals surface area (Å²) in [6.07, 6.45) is 1.44. The summed E-state index contributed by atoms with van der Waals surface area (Å²) in [5.41, 5.74) is 0. The molecular formula is C12H11BrN2O3S. The van der Waals surface area contributed by atoms with Gasteiger partial charge in [-0.15, -0.1) is 11.3 Å². The van der Waals surface area contributed by atoms with E-state index >= 15 is 0 Å². The standard InChI is InChI=1S/C12H11BrN2O3S/c13-10-4-3-9(19-10)12(17)15-6-5-14-11(16)8-2-1-7-18-8/h1-4,7H,5-6H2,(H,14,16)(H,15,17). The topological polar surface area (TPSA) is 71.3 Å². The number of carbonyl (C=O) groups excluding carboxylic acids is 2. The van der Waals surface area contributed by atoms with Gasteiger partial charge in [-0.3, -0.25) is 9.59 Å². The highest BCUT2D eigenvalue weighted by Crippen LogP contribution is 2.21. The highest BCUT2D eigenvalue weighted by atomic mass is 79.9. The number of hydrogen-bond acceptors (Lipinski definition) is 4. The molecule has 0 bridgehead atoms. The van der Waals surface area contributed by atoms with Gasteiger partial charge >= 0.3 is 0 Å². The molecule has 0 aliphatic heterocycles. The van der Waals surface area contributed by atoms with E-state index < -0.39 is 0 Å². The fourth-order valence-electron chi connectivity index (χ4n) is 1.37. The molecule has 7 heteroatoms. The van der Waals surface area contributed by atoms with Crippen molar-refractivity contribution in [2.24, 2.45) is 0 Å². The van der Waals surface area contributed by atoms with Crippen molar-refractivity contribution in [1.82, 2.24) is 10.6 Å². The fraction of sp³-hybridized carbons (Fsp3) is 0.167. The molecule has 0 unspecified atom stereocenters. The Morgan fingerprint density at radius 1 is 1.16 bits per heavy atom. The molecule has 5 nitrogen and oxygen atoms in total. The molecule has 2 heterocycles. The first kappa shape index (κ1) is 13.8. The molecule has 0 fully saturated rings. The average molecular weight is 343 g/mol. The van der Waals surface area contributed by atoms with Gasteiger partial charge in [-0.05, 0) is 40.2 Å². The van der Waals surface area contributed by atoms with E-state index in [2.05, 4.69) is 26.6 Å². The van der Waals surface area contributed by atoms with E-state index in [4.69, 9.17) is 4.42 Å². The zero-order chi connectivity index (χ0) is 13.7. The Balaban J connectivity index is 1.70. The summed E-state index contributed by atoms with van der Waals surface area (Å²) in [5, 5.41) is 5.36. The molecular weight excluding hydrogens is 332 g/mol. The first-order chi connectivity index (χ1) is 9.16. The van der Waals surface area contributed by atoms with E-state index in [1.165, 1.54) is 17.6 Å². The number of thiophene rings is 1. The van der Waals surface area contributed by atoms with Crippen LogP contribution in [0.15, 0.2) is 38.7 Å². The second-order valence-electron chi connectivity index (χ2n) is 3.59. The third-order valence-electron chi connectivity index (χ3n) is 2.24. The third-order valence-corrected chi connectivity index (χ3v) is 3.86. The predicted molar refractivity (Wildman–Crippen MR) is 75.4 cm³/mol. The number of amides is 2. The lowest BCUT2D eigenvalue weighted by atomic mass is 10.4. The van der Waals surface area contributed by atoms with Crippen LogP contribution in [-0.2, 0) is 0 Å². The molecule has 0 aromatic carbocycles. The van der Waals surface area contributed by atoms with E-state index in [0.29, 0.717) is 18.0 Å². The number of halogens is 1. The lowest BCUT2D eigenvalue weighted by Gasteiger charge is -2.04. The molecule has 0 saturated heterocycles. The maximum atomic E-state index is 11.7. The average Bonchev–Trinajstić information content (AvgIpc) is 3.04. The summed E-state index contributed by atoms with van der Waals surface area (Å²) in [7, 11) is 0. The summed E-state index contributed by atoms with van der Waals surface area (Å²) in [5.74, 6) is -0.186. The highest BCUT2D eigenvalue weighted by molar-refractivity contribution is 9.11. The number of hydrogen-bond donors (Lipinski definition) is 2. The van der Waals surface area contributed by atoms with E-state index in [1.807, 2.05) is 6.07 Å². The van der Waals surface area contributed by atoms with E-state index in [9.17, 15) is 9.59 Å². The number of rotatable bonds is 5. The van der Waals surface area contributed by atoms with Crippen LogP contribution >= 0.6 is 27.3 Å². The third kappa shape index (κ3) is 3.93. The molecule has 0 spiro atoms. The molecule has 2 amide bonds. The Morgan fingerprint density at radius 2 is 1.89 bits per heavy atom. The van der Waals surface area contributed by atoms with Gasteiger partial charge in [0.1, 0.15) is 0 Å². The Bertz CT molecular complexity index is 565. The summed E-state index contributed by atoms with van der Waals surface area (Å²) in [6.45, 7) is 0.707. The number of nitrogens with one attached hydrogen (secondary N) is 2. The van der Waals surface area contributed by atoms with Crippen molar-refractivity contribution < 1.29 is 14.0 Å². The summed E-state index contributed by atoms with van der Waals surface area (Å²) < 4.78 is 5.85. The van der Waals surface area contributed by atoms with Crippen molar-refractivity contribution in [3.05, 3.63) is 45.0 Å². The number of carbonyl (C=O) groups is 2. The molecule has 0 aliphatic rings. The molecule has 0 aliphatic carbocycles. The smallest absolute Gasteiger partial charge is 0.287 e. The highest BCUT2D eigenvalue weighted by Gasteiger charge is 2.09. The van der Waals surface area contributed by atoms with Crippen LogP contribution in [0.1, 0.15) is 20.2 Å². The minimum atomic E-state index is -0.293. The van der Waals surface area contributed by atoms with Crippen LogP contribution in [0.3, 0.4) is 0 Å². The van der Waals surface area contributed by atoms with Crippen molar-refractivity contribution in [3.8, 4) is 0 Å². The minimum Gasteiger partial charge on any atom is -0.459 e. The number of furan rings is 1. The molecule has 100 valence electrons. The van der Waals surface area contributed by atoms with Crippen LogP contribution in [0.5, 0.6) is 0 Å². The SMILES string of the molecule is O=C(NCCNC(=O)c1ccc(Br)s1)c1ccco1. The van der Waals surface area contributed by atoms with Crippen LogP contribution in [0, 0.1) is 0 Å². The van der Waals surface area contributed by atoms with Crippen molar-refractivity contribution in [2.75, 3.05) is 13.1 Å². The second-order valence-corrected chi connectivity index (χ2v) is 6.06. The molecule has 2 aromatic rings. The Kier molecular flexibility index (Phi) is 4.75. The lowest BCUT2D eigenvalue weighted by molar-refractivity contribution is 0.0911. The van der Waals surface area contributed by atoms with Crippen LogP contribution in [0.25, 0.3) is 0 Å². The monoisotopic (exact) mass is 342 g/mol. The largest absolute Gasteiger partial charge is 0.459 e. The Hall–Kier alpha value is -1.60. The van der Waals surface area contributed by atoms with Gasteiger partial charge in [-0.25, -0.2) is 0 Å². The molecule has 2 aromatic heterocycles. The zero-order valence-electron chi connectivity index (χ0n) is 9.81. The second kappa shape index (κ2) is 6.53. The molecule has 0 atom stereocenters. The van der Waals surface area contributed by atoms with Crippen LogP contribution in [0.4, 0.5) is 0 Å². The summed E-state index contributed by atoms with van der Waals surface area (Å²) in [6, 6.07) is 6.78. The van der Waals surface area contributed by atoms with Gasteiger partial charge in [0.2, 0.25) is 0 Å². The Morgan fingerprint density at radius 3 is 2.47 bits per heavy atom. The fourth-order valence-corrected chi connectivity index (χ4v) is 2.67. The van der Waals surface area contributed by atoms with Gasteiger partial charge in [-0.2, -0.15) is 0 Å². The van der Waals surface area contributed by atoms with E-state index in [1.54, 1.807) is 18.2 Å². The van der Waals surface area contributed by atoms with Crippen molar-refractivity contribution >= 4 is 39.1 Å². The molecule has 2 rings (SSSR count). The maximum absolute atomic E-state index is 11.7. The van der Waals surface area contributed by atoms with Gasteiger partial charge in [0.25, 0.3) is 11.8 Å². The molecule has 2 N–H and O–H groups in total. The van der Waals surface area contributed by atoms with Crippen LogP contribution in [-0.4, -0.2) is 24.9 Å². The summed E-state index contributed by atoms with van der Waals surface area (Å²) >= 11 is 4.65. The minimum absolute atomic E-state index is 0.150. The van der Waals surface area contributed by atoms with Gasteiger partial charge < -0.3 is 15.1 Å². The summed E-state index contributed by atoms with van der Waals surface area (Å²) in [4.78, 5) is 23.8. The van der Waals surface area contributed by atoms with Gasteiger partial charge in [0.15, 0.2) is 5.76 Å². The maximum Gasteiger partial charge on any atom is 0.287 e. The van der Waals surface area contributed by atoms with Gasteiger partial charge in [-0.1, -0.05) is 0 Å². The van der Waals surface area contributed by atoms with Crippen LogP contribution in [0.2, 0.25) is 0 Å². The van der Waals surface area contributed by atoms with E-state index in [0.717, 1.165) is 3.79 Å². The first-order valence-electron chi connectivity index (χ1n) is 5.52. The van der Waals surface area contributed by atoms with Gasteiger partial charge in [0, 0.05) is 13.1 Å². The zero-order valence-corrected chi connectivity index (χ0v) is 12.2. The van der Waals surface area contributed by atoms with E-state index in [-0.39, 0.29) is 17.6 Å². The van der Waals surface area contributed by atoms with Crippen LogP contribution < -0.4 is 10.6 Å². The normalized spacial score (nSPS) is 10.2. The van der Waals surface area contributed by atoms with Crippen molar-refractivity contribution in [1.29, 1.82) is 0 Å². The Labute approximate surface area is 122 Å².